The van der Waals surface area contributed by atoms with Crippen LogP contribution in [0.1, 0.15) is 17.5 Å². The fourth-order valence-corrected chi connectivity index (χ4v) is 4.15. The number of nitrogens with zero attached hydrogens (tertiary/aromatic N) is 2. The molecule has 0 radical (unpaired) electrons. The molecular weight excluding hydrogens is 464 g/mol. The zero-order chi connectivity index (χ0) is 23.4. The largest absolute Gasteiger partial charge is 0.508 e. The summed E-state index contributed by atoms with van der Waals surface area (Å²) in [5.41, 5.74) is -2.69. The van der Waals surface area contributed by atoms with Crippen molar-refractivity contribution in [3.8, 4) is 11.8 Å². The summed E-state index contributed by atoms with van der Waals surface area (Å²) in [5.74, 6) is -0.714. The van der Waals surface area contributed by atoms with Gasteiger partial charge in [0.05, 0.1) is 27.7 Å². The van der Waals surface area contributed by atoms with Crippen LogP contribution in [0, 0.1) is 17.1 Å². The summed E-state index contributed by atoms with van der Waals surface area (Å²) >= 11 is 5.29. The Kier molecular flexibility index (Phi) is 8.02. The van der Waals surface area contributed by atoms with Crippen LogP contribution in [0.2, 0.25) is 5.02 Å². The quantitative estimate of drug-likeness (QED) is 0.585. The van der Waals surface area contributed by atoms with E-state index in [-0.39, 0.29) is 40.7 Å². The van der Waals surface area contributed by atoms with E-state index in [0.29, 0.717) is 6.07 Å². The first-order chi connectivity index (χ1) is 14.4. The highest BCUT2D eigenvalue weighted by Gasteiger charge is 2.39. The van der Waals surface area contributed by atoms with Gasteiger partial charge in [0.15, 0.2) is 0 Å². The van der Waals surface area contributed by atoms with E-state index in [9.17, 15) is 26.9 Å². The predicted molar refractivity (Wildman–Crippen MR) is 104 cm³/mol. The number of phenolic OH excluding ortho intramolecular Hbond substituents is 1. The molecular formula is C19H17ClF4N2O4S. The summed E-state index contributed by atoms with van der Waals surface area (Å²) in [6.07, 6.45) is -4.39. The molecule has 0 saturated carbocycles. The molecule has 168 valence electrons. The molecule has 0 aliphatic carbocycles. The summed E-state index contributed by atoms with van der Waals surface area (Å²) in [7, 11) is -1.88. The fourth-order valence-electron chi connectivity index (χ4n) is 2.66. The number of nitriles is 1. The fraction of sp³-hybridized carbons (Fsp3) is 0.316. The van der Waals surface area contributed by atoms with Crippen LogP contribution in [-0.2, 0) is 17.2 Å². The standard InChI is InChI=1S/C13H13F3N2O3S.C6H4ClFO/c14-13(15,16)10-1-2-11(9(5-10)6-17)22(21)18-4-3-12(20,7-18)8-19;7-5-2-1-4(9)3-6(5)8/h1-2,5,19-20H,3-4,7-8H2;1-3,9H. The smallest absolute Gasteiger partial charge is 0.416 e. The minimum Gasteiger partial charge on any atom is -0.508 e. The number of hydrogen-bond acceptors (Lipinski definition) is 5. The number of aliphatic hydroxyl groups excluding tert-OH is 1. The van der Waals surface area contributed by atoms with Gasteiger partial charge >= 0.3 is 6.18 Å². The van der Waals surface area contributed by atoms with Crippen LogP contribution in [0.25, 0.3) is 0 Å². The normalized spacial score (nSPS) is 19.9. The van der Waals surface area contributed by atoms with Crippen LogP contribution in [0.4, 0.5) is 17.6 Å². The molecule has 31 heavy (non-hydrogen) atoms. The Hall–Kier alpha value is -2.23. The molecule has 3 N–H and O–H groups in total. The van der Waals surface area contributed by atoms with Crippen molar-refractivity contribution in [2.45, 2.75) is 23.1 Å². The minimum absolute atomic E-state index is 0.0211. The lowest BCUT2D eigenvalue weighted by molar-refractivity contribution is -0.137. The maximum atomic E-state index is 12.6. The molecule has 2 unspecified atom stereocenters. The zero-order valence-corrected chi connectivity index (χ0v) is 17.3. The van der Waals surface area contributed by atoms with Crippen molar-refractivity contribution < 1.29 is 37.1 Å². The maximum absolute atomic E-state index is 12.6. The van der Waals surface area contributed by atoms with Crippen molar-refractivity contribution >= 4 is 22.6 Å². The first kappa shape index (κ1) is 25.0. The van der Waals surface area contributed by atoms with Gasteiger partial charge in [0.1, 0.15) is 34.2 Å². The van der Waals surface area contributed by atoms with Gasteiger partial charge in [0.2, 0.25) is 0 Å². The molecule has 1 aliphatic heterocycles. The Morgan fingerprint density at radius 2 is 1.94 bits per heavy atom. The van der Waals surface area contributed by atoms with Gasteiger partial charge in [-0.05, 0) is 36.8 Å². The van der Waals surface area contributed by atoms with E-state index in [2.05, 4.69) is 0 Å². The Morgan fingerprint density at radius 3 is 2.42 bits per heavy atom. The second-order valence-electron chi connectivity index (χ2n) is 6.66. The number of aliphatic hydroxyl groups is 2. The zero-order valence-electron chi connectivity index (χ0n) is 15.7. The molecule has 1 saturated heterocycles. The number of aromatic hydroxyl groups is 1. The summed E-state index contributed by atoms with van der Waals surface area (Å²) in [6.45, 7) is -0.379. The summed E-state index contributed by atoms with van der Waals surface area (Å²) in [5, 5.41) is 36.6. The Bertz CT molecular complexity index is 1020. The van der Waals surface area contributed by atoms with Crippen molar-refractivity contribution in [3.05, 3.63) is 58.4 Å². The van der Waals surface area contributed by atoms with Crippen LogP contribution in [0.15, 0.2) is 41.3 Å². The number of hydrogen-bond donors (Lipinski definition) is 3. The van der Waals surface area contributed by atoms with Gasteiger partial charge in [-0.2, -0.15) is 18.4 Å². The number of halogens is 5. The van der Waals surface area contributed by atoms with Crippen LogP contribution in [0.5, 0.6) is 5.75 Å². The van der Waals surface area contributed by atoms with Crippen molar-refractivity contribution in [2.75, 3.05) is 19.7 Å². The molecule has 2 atom stereocenters. The van der Waals surface area contributed by atoms with E-state index in [1.165, 1.54) is 16.4 Å². The molecule has 2 aromatic rings. The topological polar surface area (TPSA) is 105 Å². The van der Waals surface area contributed by atoms with Crippen molar-refractivity contribution in [2.24, 2.45) is 0 Å². The highest BCUT2D eigenvalue weighted by molar-refractivity contribution is 7.82. The van der Waals surface area contributed by atoms with E-state index < -0.39 is 40.8 Å². The third-order valence-electron chi connectivity index (χ3n) is 4.34. The van der Waals surface area contributed by atoms with E-state index in [1.807, 2.05) is 0 Å². The van der Waals surface area contributed by atoms with Gasteiger partial charge in [-0.3, -0.25) is 0 Å². The second kappa shape index (κ2) is 9.93. The lowest BCUT2D eigenvalue weighted by Crippen LogP contribution is -2.37. The van der Waals surface area contributed by atoms with E-state index >= 15 is 0 Å². The molecule has 1 heterocycles. The second-order valence-corrected chi connectivity index (χ2v) is 8.53. The molecule has 0 aromatic heterocycles. The third-order valence-corrected chi connectivity index (χ3v) is 6.16. The van der Waals surface area contributed by atoms with E-state index in [4.69, 9.17) is 27.1 Å². The molecule has 12 heteroatoms. The summed E-state index contributed by atoms with van der Waals surface area (Å²) in [6, 6.07) is 7.63. The van der Waals surface area contributed by atoms with E-state index in [0.717, 1.165) is 18.2 Å². The van der Waals surface area contributed by atoms with E-state index in [1.54, 1.807) is 6.07 Å². The molecule has 0 bridgehead atoms. The highest BCUT2D eigenvalue weighted by Crippen LogP contribution is 2.32. The Labute approximate surface area is 182 Å². The van der Waals surface area contributed by atoms with Gasteiger partial charge in [0.25, 0.3) is 0 Å². The summed E-state index contributed by atoms with van der Waals surface area (Å²) in [4.78, 5) is -0.0438. The number of alkyl halides is 3. The number of rotatable bonds is 3. The lowest BCUT2D eigenvalue weighted by Gasteiger charge is -2.20. The summed E-state index contributed by atoms with van der Waals surface area (Å²) < 4.78 is 63.9. The van der Waals surface area contributed by atoms with Crippen molar-refractivity contribution in [1.82, 2.24) is 4.31 Å². The van der Waals surface area contributed by atoms with Gasteiger partial charge in [-0.1, -0.05) is 11.6 Å². The molecule has 0 amide bonds. The highest BCUT2D eigenvalue weighted by atomic mass is 35.5. The van der Waals surface area contributed by atoms with Crippen LogP contribution in [0.3, 0.4) is 0 Å². The predicted octanol–water partition coefficient (Wildman–Crippen LogP) is 3.21. The third kappa shape index (κ3) is 6.38. The SMILES string of the molecule is N#Cc1cc(C(F)(F)F)ccc1S(=O)N1CCC(O)(CO)C1.Oc1ccc(Cl)c(F)c1. The van der Waals surface area contributed by atoms with Gasteiger partial charge < -0.3 is 15.3 Å². The molecule has 3 rings (SSSR count). The van der Waals surface area contributed by atoms with Gasteiger partial charge in [-0.25, -0.2) is 12.9 Å². The first-order valence-electron chi connectivity index (χ1n) is 8.65. The average molecular weight is 481 g/mol. The number of benzene rings is 2. The first-order valence-corrected chi connectivity index (χ1v) is 10.1. The van der Waals surface area contributed by atoms with Crippen molar-refractivity contribution in [3.63, 3.8) is 0 Å². The number of β-amino-alcohol motifs (C(OH)–C–C–N with tert-alkyl or cyclic N) is 1. The van der Waals surface area contributed by atoms with Gasteiger partial charge in [0, 0.05) is 19.2 Å². The Morgan fingerprint density at radius 1 is 1.26 bits per heavy atom. The van der Waals surface area contributed by atoms with Gasteiger partial charge in [-0.15, -0.1) is 0 Å². The van der Waals surface area contributed by atoms with Crippen LogP contribution in [-0.4, -0.2) is 49.1 Å². The maximum Gasteiger partial charge on any atom is 0.416 e. The lowest BCUT2D eigenvalue weighted by atomic mass is 10.1. The molecule has 1 fully saturated rings. The monoisotopic (exact) mass is 480 g/mol. The molecule has 0 spiro atoms. The van der Waals surface area contributed by atoms with Crippen LogP contribution < -0.4 is 0 Å². The molecule has 1 aliphatic rings. The van der Waals surface area contributed by atoms with Crippen molar-refractivity contribution in [1.29, 1.82) is 5.26 Å². The molecule has 6 nitrogen and oxygen atoms in total. The average Bonchev–Trinajstić information content (AvgIpc) is 3.12. The number of phenols is 1. The Balaban J connectivity index is 0.000000316. The van der Waals surface area contributed by atoms with Crippen LogP contribution >= 0.6 is 11.6 Å². The minimum atomic E-state index is -4.59. The molecule has 2 aromatic carbocycles.